The summed E-state index contributed by atoms with van der Waals surface area (Å²) < 4.78 is 0. The summed E-state index contributed by atoms with van der Waals surface area (Å²) in [5, 5.41) is 0. The molecule has 3 heteroatoms. The van der Waals surface area contributed by atoms with E-state index >= 15 is 0 Å². The molecule has 82 valence electrons. The van der Waals surface area contributed by atoms with E-state index in [2.05, 4.69) is 49.2 Å². The van der Waals surface area contributed by atoms with Gasteiger partial charge in [-0.05, 0) is 30.2 Å². The highest BCUT2D eigenvalue weighted by Crippen LogP contribution is 2.27. The lowest BCUT2D eigenvalue weighted by molar-refractivity contribution is 1.29. The zero-order valence-corrected chi connectivity index (χ0v) is 9.96. The molecule has 0 aromatic heterocycles. The summed E-state index contributed by atoms with van der Waals surface area (Å²) in [6.07, 6.45) is 0. The van der Waals surface area contributed by atoms with Crippen molar-refractivity contribution < 1.29 is 0 Å². The van der Waals surface area contributed by atoms with E-state index in [4.69, 9.17) is 5.84 Å². The second-order valence-electron chi connectivity index (χ2n) is 3.74. The van der Waals surface area contributed by atoms with Crippen LogP contribution in [0.4, 0.5) is 5.69 Å². The zero-order valence-electron chi connectivity index (χ0n) is 9.07. The number of hydrogen-bond donors (Lipinski definition) is 3. The maximum absolute atomic E-state index is 5.42. The van der Waals surface area contributed by atoms with Gasteiger partial charge in [0.25, 0.3) is 0 Å². The van der Waals surface area contributed by atoms with Crippen LogP contribution in [0.2, 0.25) is 0 Å². The fraction of sp³-hybridized carbons (Fsp3) is 0.0769. The molecule has 2 aromatic carbocycles. The van der Waals surface area contributed by atoms with Gasteiger partial charge in [0.1, 0.15) is 0 Å². The Labute approximate surface area is 101 Å². The van der Waals surface area contributed by atoms with Gasteiger partial charge in [0.05, 0.1) is 5.69 Å². The molecule has 0 saturated heterocycles. The molecule has 0 spiro atoms. The van der Waals surface area contributed by atoms with Crippen molar-refractivity contribution in [3.63, 3.8) is 0 Å². The smallest absolute Gasteiger partial charge is 0.0624 e. The molecule has 0 heterocycles. The molecule has 0 fully saturated rings. The van der Waals surface area contributed by atoms with Crippen LogP contribution >= 0.6 is 12.6 Å². The van der Waals surface area contributed by atoms with E-state index in [9.17, 15) is 0 Å². The average Bonchev–Trinajstić information content (AvgIpc) is 2.31. The predicted octanol–water partition coefficient (Wildman–Crippen LogP) is 3.24. The molecule has 0 radical (unpaired) electrons. The van der Waals surface area contributed by atoms with Crippen LogP contribution in [-0.4, -0.2) is 0 Å². The largest absolute Gasteiger partial charge is 0.323 e. The predicted molar refractivity (Wildman–Crippen MR) is 71.7 cm³/mol. The standard InChI is InChI=1S/C13H14N2S/c1-9-2-4-10(5-3-9)11-6-7-13(16)12(8-11)15-14/h2-8,15-16H,14H2,1H3. The van der Waals surface area contributed by atoms with Crippen LogP contribution in [0.1, 0.15) is 5.56 Å². The number of rotatable bonds is 2. The summed E-state index contributed by atoms with van der Waals surface area (Å²) >= 11 is 4.31. The fourth-order valence-electron chi connectivity index (χ4n) is 1.58. The molecule has 0 bridgehead atoms. The minimum atomic E-state index is 0.835. The Hall–Kier alpha value is -1.45. The Kier molecular flexibility index (Phi) is 3.17. The molecule has 16 heavy (non-hydrogen) atoms. The van der Waals surface area contributed by atoms with Gasteiger partial charge < -0.3 is 5.43 Å². The summed E-state index contributed by atoms with van der Waals surface area (Å²) in [6.45, 7) is 2.08. The number of benzene rings is 2. The first-order valence-electron chi connectivity index (χ1n) is 5.07. The van der Waals surface area contributed by atoms with Crippen LogP contribution in [0, 0.1) is 6.92 Å². The SMILES string of the molecule is Cc1ccc(-c2ccc(S)c(NN)c2)cc1. The normalized spacial score (nSPS) is 10.2. The van der Waals surface area contributed by atoms with E-state index in [0.29, 0.717) is 0 Å². The Bertz CT molecular complexity index is 492. The maximum atomic E-state index is 5.42. The number of nitrogens with two attached hydrogens (primary N) is 1. The van der Waals surface area contributed by atoms with Gasteiger partial charge in [-0.2, -0.15) is 0 Å². The Morgan fingerprint density at radius 2 is 1.62 bits per heavy atom. The van der Waals surface area contributed by atoms with Crippen molar-refractivity contribution in [3.05, 3.63) is 48.0 Å². The number of nitrogens with one attached hydrogen (secondary N) is 1. The maximum Gasteiger partial charge on any atom is 0.0624 e. The summed E-state index contributed by atoms with van der Waals surface area (Å²) in [6, 6.07) is 14.4. The highest BCUT2D eigenvalue weighted by molar-refractivity contribution is 7.80. The first kappa shape index (κ1) is 11.0. The van der Waals surface area contributed by atoms with Gasteiger partial charge >= 0.3 is 0 Å². The lowest BCUT2D eigenvalue weighted by atomic mass is 10.0. The minimum Gasteiger partial charge on any atom is -0.323 e. The lowest BCUT2D eigenvalue weighted by Gasteiger charge is -2.08. The Morgan fingerprint density at radius 3 is 2.25 bits per heavy atom. The van der Waals surface area contributed by atoms with E-state index in [0.717, 1.165) is 16.1 Å². The van der Waals surface area contributed by atoms with E-state index in [1.54, 1.807) is 0 Å². The van der Waals surface area contributed by atoms with Crippen molar-refractivity contribution in [2.45, 2.75) is 11.8 Å². The van der Waals surface area contributed by atoms with Gasteiger partial charge in [-0.1, -0.05) is 35.9 Å². The second-order valence-corrected chi connectivity index (χ2v) is 4.22. The van der Waals surface area contributed by atoms with Gasteiger partial charge in [0.2, 0.25) is 0 Å². The Morgan fingerprint density at radius 1 is 1.00 bits per heavy atom. The van der Waals surface area contributed by atoms with Gasteiger partial charge in [0, 0.05) is 4.90 Å². The van der Waals surface area contributed by atoms with Crippen LogP contribution in [0.15, 0.2) is 47.4 Å². The molecule has 0 aliphatic rings. The van der Waals surface area contributed by atoms with Crippen molar-refractivity contribution >= 4 is 18.3 Å². The summed E-state index contributed by atoms with van der Waals surface area (Å²) in [5.74, 6) is 5.42. The van der Waals surface area contributed by atoms with Gasteiger partial charge in [-0.25, -0.2) is 0 Å². The number of hydrogen-bond acceptors (Lipinski definition) is 3. The van der Waals surface area contributed by atoms with Gasteiger partial charge in [-0.3, -0.25) is 5.84 Å². The van der Waals surface area contributed by atoms with Crippen LogP contribution in [-0.2, 0) is 0 Å². The van der Waals surface area contributed by atoms with Crippen LogP contribution < -0.4 is 11.3 Å². The summed E-state index contributed by atoms with van der Waals surface area (Å²) in [7, 11) is 0. The number of thiol groups is 1. The van der Waals surface area contributed by atoms with Gasteiger partial charge in [-0.15, -0.1) is 12.6 Å². The molecular weight excluding hydrogens is 216 g/mol. The van der Waals surface area contributed by atoms with Crippen molar-refractivity contribution in [1.82, 2.24) is 0 Å². The molecule has 0 aliphatic heterocycles. The van der Waals surface area contributed by atoms with E-state index in [-0.39, 0.29) is 0 Å². The molecule has 0 unspecified atom stereocenters. The molecule has 3 N–H and O–H groups in total. The third-order valence-corrected chi connectivity index (χ3v) is 2.93. The van der Waals surface area contributed by atoms with Crippen LogP contribution in [0.3, 0.4) is 0 Å². The molecule has 0 saturated carbocycles. The summed E-state index contributed by atoms with van der Waals surface area (Å²) in [4.78, 5) is 0.846. The van der Waals surface area contributed by atoms with E-state index in [1.807, 2.05) is 18.2 Å². The van der Waals surface area contributed by atoms with Gasteiger partial charge in [0.15, 0.2) is 0 Å². The first-order chi connectivity index (χ1) is 7.70. The fourth-order valence-corrected chi connectivity index (χ4v) is 1.78. The zero-order chi connectivity index (χ0) is 11.5. The van der Waals surface area contributed by atoms with E-state index < -0.39 is 0 Å². The first-order valence-corrected chi connectivity index (χ1v) is 5.52. The topological polar surface area (TPSA) is 38.0 Å². The molecule has 0 amide bonds. The molecular formula is C13H14N2S. The molecule has 2 nitrogen and oxygen atoms in total. The van der Waals surface area contributed by atoms with E-state index in [1.165, 1.54) is 11.1 Å². The highest BCUT2D eigenvalue weighted by atomic mass is 32.1. The van der Waals surface area contributed by atoms with Crippen molar-refractivity contribution in [3.8, 4) is 11.1 Å². The third-order valence-electron chi connectivity index (χ3n) is 2.54. The number of nitrogen functional groups attached to an aromatic ring is 1. The van der Waals surface area contributed by atoms with Crippen molar-refractivity contribution in [2.24, 2.45) is 5.84 Å². The van der Waals surface area contributed by atoms with Crippen molar-refractivity contribution in [2.75, 3.05) is 5.43 Å². The highest BCUT2D eigenvalue weighted by Gasteiger charge is 2.01. The van der Waals surface area contributed by atoms with Crippen LogP contribution in [0.5, 0.6) is 0 Å². The molecule has 2 rings (SSSR count). The second kappa shape index (κ2) is 4.60. The Balaban J connectivity index is 2.44. The molecule has 0 atom stereocenters. The third kappa shape index (κ3) is 2.21. The minimum absolute atomic E-state index is 0.835. The monoisotopic (exact) mass is 230 g/mol. The summed E-state index contributed by atoms with van der Waals surface area (Å²) in [5.41, 5.74) is 7.04. The van der Waals surface area contributed by atoms with Crippen molar-refractivity contribution in [1.29, 1.82) is 0 Å². The number of aryl methyl sites for hydroxylation is 1. The lowest BCUT2D eigenvalue weighted by Crippen LogP contribution is -2.07. The molecule has 0 aliphatic carbocycles. The molecule has 2 aromatic rings. The number of anilines is 1. The quantitative estimate of drug-likeness (QED) is 0.421. The average molecular weight is 230 g/mol. The number of hydrazine groups is 1. The van der Waals surface area contributed by atoms with Crippen LogP contribution in [0.25, 0.3) is 11.1 Å².